The van der Waals surface area contributed by atoms with Crippen LogP contribution in [0.2, 0.25) is 0 Å². The second-order valence-electron chi connectivity index (χ2n) is 7.00. The minimum absolute atomic E-state index is 0.142. The monoisotopic (exact) mass is 389 g/mol. The Kier molecular flexibility index (Phi) is 6.93. The minimum Gasteiger partial charge on any atom is -0.462 e. The second-order valence-corrected chi connectivity index (χ2v) is 9.21. The summed E-state index contributed by atoms with van der Waals surface area (Å²) >= 11 is 3.10. The lowest BCUT2D eigenvalue weighted by molar-refractivity contribution is -0.283. The molecule has 6 nitrogen and oxygen atoms in total. The third-order valence-electron chi connectivity index (χ3n) is 4.92. The number of hydrogen-bond acceptors (Lipinski definition) is 7. The van der Waals surface area contributed by atoms with Crippen molar-refractivity contribution in [2.45, 2.75) is 75.4 Å². The Morgan fingerprint density at radius 2 is 1.96 bits per heavy atom. The first-order valence-electron chi connectivity index (χ1n) is 9.16. The molecule has 2 N–H and O–H groups in total. The van der Waals surface area contributed by atoms with E-state index in [-0.39, 0.29) is 29.8 Å². The molecule has 142 valence electrons. The van der Waals surface area contributed by atoms with Gasteiger partial charge in [0.25, 0.3) is 5.24 Å². The number of carbonyl (C=O) groups is 2. The largest absolute Gasteiger partial charge is 0.462 e. The van der Waals surface area contributed by atoms with Crippen molar-refractivity contribution in [1.29, 1.82) is 0 Å². The van der Waals surface area contributed by atoms with Crippen LogP contribution in [0.1, 0.15) is 51.4 Å². The smallest absolute Gasteiger partial charge is 0.306 e. The molecule has 0 spiro atoms. The van der Waals surface area contributed by atoms with E-state index in [2.05, 4.69) is 5.32 Å². The molecule has 3 aliphatic rings. The first-order valence-corrected chi connectivity index (χ1v) is 11.3. The minimum atomic E-state index is -1.46. The summed E-state index contributed by atoms with van der Waals surface area (Å²) in [4.78, 5) is 23.6. The van der Waals surface area contributed by atoms with E-state index in [1.807, 2.05) is 11.8 Å². The summed E-state index contributed by atoms with van der Waals surface area (Å²) in [6, 6.07) is -0.456. The molecule has 2 bridgehead atoms. The van der Waals surface area contributed by atoms with E-state index in [1.165, 1.54) is 0 Å². The third kappa shape index (κ3) is 5.52. The van der Waals surface area contributed by atoms with Crippen LogP contribution >= 0.6 is 23.5 Å². The number of thioether (sulfide) groups is 2. The molecule has 1 unspecified atom stereocenters. The fraction of sp³-hybridized carbons (Fsp3) is 0.882. The Morgan fingerprint density at radius 3 is 2.76 bits per heavy atom. The summed E-state index contributed by atoms with van der Waals surface area (Å²) in [6.07, 6.45) is 5.65. The van der Waals surface area contributed by atoms with E-state index in [0.717, 1.165) is 55.4 Å². The van der Waals surface area contributed by atoms with E-state index in [0.29, 0.717) is 18.6 Å². The van der Waals surface area contributed by atoms with Crippen LogP contribution in [0.4, 0.5) is 4.79 Å². The lowest BCUT2D eigenvalue weighted by atomic mass is 9.92. The number of rotatable bonds is 1. The molecule has 3 fully saturated rings. The molecule has 1 amide bonds. The third-order valence-corrected chi connectivity index (χ3v) is 6.95. The fourth-order valence-electron chi connectivity index (χ4n) is 3.62. The molecule has 3 rings (SSSR count). The van der Waals surface area contributed by atoms with Crippen LogP contribution in [-0.2, 0) is 14.3 Å². The predicted molar refractivity (Wildman–Crippen MR) is 98.7 cm³/mol. The summed E-state index contributed by atoms with van der Waals surface area (Å²) in [5.41, 5.74) is 0. The number of aliphatic hydroxyl groups is 1. The lowest BCUT2D eigenvalue weighted by Crippen LogP contribution is -2.58. The first kappa shape index (κ1) is 19.3. The fourth-order valence-corrected chi connectivity index (χ4v) is 5.49. The highest BCUT2D eigenvalue weighted by Gasteiger charge is 2.49. The topological polar surface area (TPSA) is 84.9 Å². The van der Waals surface area contributed by atoms with Crippen LogP contribution in [0.3, 0.4) is 0 Å². The van der Waals surface area contributed by atoms with Gasteiger partial charge >= 0.3 is 5.97 Å². The average molecular weight is 390 g/mol. The number of nitrogens with one attached hydrogen (secondary N) is 1. The van der Waals surface area contributed by atoms with Crippen LogP contribution in [0.15, 0.2) is 0 Å². The highest BCUT2D eigenvalue weighted by Crippen LogP contribution is 2.36. The Balaban J connectivity index is 1.68. The zero-order valence-electron chi connectivity index (χ0n) is 14.4. The molecular formula is C17H27NO5S2. The maximum absolute atomic E-state index is 12.1. The molecular weight excluding hydrogens is 362 g/mol. The van der Waals surface area contributed by atoms with E-state index in [9.17, 15) is 14.7 Å². The van der Waals surface area contributed by atoms with Crippen LogP contribution in [0.5, 0.6) is 0 Å². The SMILES string of the molecule is O=C1CCCCCSCCCC2C[C@H](C[C@](O)([C@@H]3CSC(=O)N3)O2)O1. The summed E-state index contributed by atoms with van der Waals surface area (Å²) in [6.45, 7) is 0. The van der Waals surface area contributed by atoms with Gasteiger partial charge in [0, 0.05) is 25.0 Å². The molecule has 0 aliphatic carbocycles. The van der Waals surface area contributed by atoms with Crippen molar-refractivity contribution in [1.82, 2.24) is 5.32 Å². The van der Waals surface area contributed by atoms with Gasteiger partial charge in [0.2, 0.25) is 0 Å². The van der Waals surface area contributed by atoms with Crippen molar-refractivity contribution in [3.8, 4) is 0 Å². The highest BCUT2D eigenvalue weighted by atomic mass is 32.2. The van der Waals surface area contributed by atoms with Crippen molar-refractivity contribution >= 4 is 34.7 Å². The molecule has 0 aromatic carbocycles. The Bertz CT molecular complexity index is 492. The molecule has 3 aliphatic heterocycles. The normalized spacial score (nSPS) is 38.5. The summed E-state index contributed by atoms with van der Waals surface area (Å²) in [5.74, 6) is 1.02. The number of hydrogen-bond donors (Lipinski definition) is 2. The van der Waals surface area contributed by atoms with Crippen molar-refractivity contribution in [3.63, 3.8) is 0 Å². The molecule has 3 saturated heterocycles. The van der Waals surface area contributed by atoms with E-state index in [4.69, 9.17) is 9.47 Å². The molecule has 3 heterocycles. The highest BCUT2D eigenvalue weighted by molar-refractivity contribution is 8.14. The molecule has 0 saturated carbocycles. The summed E-state index contributed by atoms with van der Waals surface area (Å²) in [5, 5.41) is 13.7. The van der Waals surface area contributed by atoms with Gasteiger partial charge in [0.05, 0.1) is 12.1 Å². The molecule has 4 atom stereocenters. The van der Waals surface area contributed by atoms with Gasteiger partial charge in [-0.1, -0.05) is 18.2 Å². The summed E-state index contributed by atoms with van der Waals surface area (Å²) < 4.78 is 11.6. The molecule has 8 heteroatoms. The van der Waals surface area contributed by atoms with Gasteiger partial charge in [-0.3, -0.25) is 9.59 Å². The quantitative estimate of drug-likeness (QED) is 0.667. The lowest BCUT2D eigenvalue weighted by Gasteiger charge is -2.43. The summed E-state index contributed by atoms with van der Waals surface area (Å²) in [7, 11) is 0. The number of fused-ring (bicyclic) bond motifs is 2. The molecule has 25 heavy (non-hydrogen) atoms. The van der Waals surface area contributed by atoms with E-state index in [1.54, 1.807) is 0 Å². The molecule has 0 aromatic rings. The van der Waals surface area contributed by atoms with Gasteiger partial charge in [0.15, 0.2) is 5.79 Å². The van der Waals surface area contributed by atoms with Crippen molar-refractivity contribution in [3.05, 3.63) is 0 Å². The maximum atomic E-state index is 12.1. The number of esters is 1. The van der Waals surface area contributed by atoms with Gasteiger partial charge in [-0.15, -0.1) is 0 Å². The molecule has 0 aromatic heterocycles. The van der Waals surface area contributed by atoms with Crippen molar-refractivity contribution in [2.75, 3.05) is 17.3 Å². The number of ether oxygens (including phenoxy) is 2. The van der Waals surface area contributed by atoms with Gasteiger partial charge in [-0.25, -0.2) is 0 Å². The van der Waals surface area contributed by atoms with Crippen LogP contribution < -0.4 is 5.32 Å². The number of amides is 1. The van der Waals surface area contributed by atoms with Crippen LogP contribution in [0, 0.1) is 0 Å². The van der Waals surface area contributed by atoms with Crippen molar-refractivity contribution < 1.29 is 24.2 Å². The van der Waals surface area contributed by atoms with Crippen LogP contribution in [-0.4, -0.2) is 57.6 Å². The zero-order valence-corrected chi connectivity index (χ0v) is 16.0. The standard InChI is InChI=1S/C17H27NO5S2/c19-15-6-2-1-3-7-24-8-4-5-12-9-13(22-15)10-17(21,23-12)14-11-25-16(20)18-14/h12-14,21H,1-11H2,(H,18,20)/t12?,13-,14+,17-/m1/s1. The maximum Gasteiger partial charge on any atom is 0.306 e. The second kappa shape index (κ2) is 8.97. The predicted octanol–water partition coefficient (Wildman–Crippen LogP) is 2.68. The van der Waals surface area contributed by atoms with Gasteiger partial charge in [-0.05, 0) is 37.2 Å². The molecule has 0 radical (unpaired) electrons. The first-order chi connectivity index (χ1) is 12.0. The number of carbonyl (C=O) groups excluding carboxylic acids is 2. The Hall–Kier alpha value is -0.440. The Morgan fingerprint density at radius 1 is 1.12 bits per heavy atom. The van der Waals surface area contributed by atoms with Gasteiger partial charge < -0.3 is 19.9 Å². The Labute approximate surface area is 157 Å². The van der Waals surface area contributed by atoms with E-state index >= 15 is 0 Å². The average Bonchev–Trinajstić information content (AvgIpc) is 2.99. The van der Waals surface area contributed by atoms with Crippen LogP contribution in [0.25, 0.3) is 0 Å². The van der Waals surface area contributed by atoms with Gasteiger partial charge in [0.1, 0.15) is 6.10 Å². The van der Waals surface area contributed by atoms with Crippen molar-refractivity contribution in [2.24, 2.45) is 0 Å². The van der Waals surface area contributed by atoms with E-state index < -0.39 is 11.8 Å². The zero-order chi connectivity index (χ0) is 17.7. The van der Waals surface area contributed by atoms with Gasteiger partial charge in [-0.2, -0.15) is 11.8 Å².